The summed E-state index contributed by atoms with van der Waals surface area (Å²) >= 11 is 0. The second kappa shape index (κ2) is 7.68. The number of benzene rings is 2. The van der Waals surface area contributed by atoms with Gasteiger partial charge in [-0.25, -0.2) is 4.68 Å². The number of rotatable bonds is 6. The Morgan fingerprint density at radius 1 is 1.11 bits per heavy atom. The summed E-state index contributed by atoms with van der Waals surface area (Å²) in [6, 6.07) is 16.9. The first-order valence-electron chi connectivity index (χ1n) is 9.35. The Hall–Kier alpha value is -3.41. The fourth-order valence-electron chi connectivity index (χ4n) is 3.02. The van der Waals surface area contributed by atoms with E-state index >= 15 is 0 Å². The minimum Gasteiger partial charge on any atom is -0.337 e. The van der Waals surface area contributed by atoms with Crippen LogP contribution in [0.3, 0.4) is 0 Å². The molecular weight excluding hydrogens is 352 g/mol. The summed E-state index contributed by atoms with van der Waals surface area (Å²) in [5, 5.41) is 7.25. The summed E-state index contributed by atoms with van der Waals surface area (Å²) < 4.78 is 1.80. The largest absolute Gasteiger partial charge is 0.337 e. The lowest BCUT2D eigenvalue weighted by Gasteiger charge is -2.16. The van der Waals surface area contributed by atoms with Crippen LogP contribution in [0, 0.1) is 5.92 Å². The lowest BCUT2D eigenvalue weighted by atomic mass is 10.1. The number of para-hydroxylation sites is 1. The van der Waals surface area contributed by atoms with Crippen molar-refractivity contribution in [2.45, 2.75) is 19.4 Å². The van der Waals surface area contributed by atoms with E-state index in [4.69, 9.17) is 0 Å². The van der Waals surface area contributed by atoms with Crippen LogP contribution in [0.1, 0.15) is 28.8 Å². The Morgan fingerprint density at radius 3 is 2.50 bits per heavy atom. The molecule has 4 rings (SSSR count). The normalized spacial score (nSPS) is 13.2. The van der Waals surface area contributed by atoms with E-state index in [1.54, 1.807) is 47.1 Å². The molecule has 1 fully saturated rings. The number of carbonyl (C=O) groups excluding carboxylic acids is 2. The predicted octanol–water partition coefficient (Wildman–Crippen LogP) is 3.49. The van der Waals surface area contributed by atoms with Crippen molar-refractivity contribution in [2.75, 3.05) is 12.4 Å². The summed E-state index contributed by atoms with van der Waals surface area (Å²) in [7, 11) is 1.77. The maximum absolute atomic E-state index is 12.7. The summed E-state index contributed by atoms with van der Waals surface area (Å²) in [6.45, 7) is 0.464. The van der Waals surface area contributed by atoms with Crippen LogP contribution in [0.5, 0.6) is 0 Å². The van der Waals surface area contributed by atoms with Crippen molar-refractivity contribution >= 4 is 17.5 Å². The van der Waals surface area contributed by atoms with Gasteiger partial charge in [-0.3, -0.25) is 9.59 Å². The molecule has 1 aliphatic rings. The molecule has 142 valence electrons. The van der Waals surface area contributed by atoms with E-state index in [1.165, 1.54) is 0 Å². The molecular formula is C22H22N4O2. The topological polar surface area (TPSA) is 67.2 Å². The summed E-state index contributed by atoms with van der Waals surface area (Å²) in [6.07, 6.45) is 5.63. The number of aromatic nitrogens is 2. The molecule has 2 amide bonds. The molecule has 3 aromatic rings. The molecule has 0 saturated heterocycles. The number of nitrogens with zero attached hydrogens (tertiary/aromatic N) is 3. The summed E-state index contributed by atoms with van der Waals surface area (Å²) in [5.41, 5.74) is 3.24. The summed E-state index contributed by atoms with van der Waals surface area (Å²) in [4.78, 5) is 26.2. The quantitative estimate of drug-likeness (QED) is 0.718. The monoisotopic (exact) mass is 374 g/mol. The van der Waals surface area contributed by atoms with E-state index < -0.39 is 0 Å². The van der Waals surface area contributed by atoms with E-state index in [9.17, 15) is 9.59 Å². The van der Waals surface area contributed by atoms with E-state index in [0.29, 0.717) is 12.1 Å². The van der Waals surface area contributed by atoms with Gasteiger partial charge in [-0.2, -0.15) is 5.10 Å². The van der Waals surface area contributed by atoms with Crippen LogP contribution >= 0.6 is 0 Å². The molecule has 0 aliphatic heterocycles. The Labute approximate surface area is 163 Å². The van der Waals surface area contributed by atoms with Crippen LogP contribution in [0.4, 0.5) is 5.69 Å². The lowest BCUT2D eigenvalue weighted by Crippen LogP contribution is -2.26. The zero-order chi connectivity index (χ0) is 19.5. The van der Waals surface area contributed by atoms with Gasteiger partial charge < -0.3 is 10.2 Å². The first kappa shape index (κ1) is 18.0. The van der Waals surface area contributed by atoms with Crippen LogP contribution in [0.15, 0.2) is 67.0 Å². The van der Waals surface area contributed by atoms with Crippen molar-refractivity contribution in [3.8, 4) is 5.69 Å². The molecule has 28 heavy (non-hydrogen) atoms. The zero-order valence-corrected chi connectivity index (χ0v) is 15.7. The molecule has 0 spiro atoms. The fourth-order valence-corrected chi connectivity index (χ4v) is 3.02. The molecule has 1 N–H and O–H groups in total. The molecule has 2 aromatic carbocycles. The molecule has 6 heteroatoms. The predicted molar refractivity (Wildman–Crippen MR) is 107 cm³/mol. The zero-order valence-electron chi connectivity index (χ0n) is 15.7. The average molecular weight is 374 g/mol. The number of hydrogen-bond acceptors (Lipinski definition) is 3. The van der Waals surface area contributed by atoms with E-state index in [-0.39, 0.29) is 17.7 Å². The van der Waals surface area contributed by atoms with Crippen LogP contribution < -0.4 is 5.32 Å². The first-order valence-corrected chi connectivity index (χ1v) is 9.35. The number of nitrogens with one attached hydrogen (secondary N) is 1. The van der Waals surface area contributed by atoms with Gasteiger partial charge in [-0.05, 0) is 49.2 Å². The maximum Gasteiger partial charge on any atom is 0.253 e. The Bertz CT molecular complexity index is 975. The Kier molecular flexibility index (Phi) is 4.93. The standard InChI is InChI=1S/C22H22N4O2/c1-25(14-16-13-23-26(15-16)20-5-3-2-4-6-20)22(28)18-9-11-19(12-10-18)24-21(27)17-7-8-17/h2-6,9-13,15,17H,7-8,14H2,1H3,(H,24,27). The van der Waals surface area contributed by atoms with E-state index in [2.05, 4.69) is 10.4 Å². The van der Waals surface area contributed by atoms with Gasteiger partial charge in [0.1, 0.15) is 0 Å². The molecule has 0 bridgehead atoms. The first-order chi connectivity index (χ1) is 13.6. The Morgan fingerprint density at radius 2 is 1.82 bits per heavy atom. The van der Waals surface area contributed by atoms with Crippen LogP contribution in [-0.2, 0) is 11.3 Å². The maximum atomic E-state index is 12.7. The van der Waals surface area contributed by atoms with Crippen LogP contribution in [0.2, 0.25) is 0 Å². The Balaban J connectivity index is 1.38. The van der Waals surface area contributed by atoms with E-state index in [1.807, 2.05) is 36.5 Å². The van der Waals surface area contributed by atoms with Crippen LogP contribution in [-0.4, -0.2) is 33.5 Å². The molecule has 1 aliphatic carbocycles. The van der Waals surface area contributed by atoms with E-state index in [0.717, 1.165) is 29.8 Å². The van der Waals surface area contributed by atoms with Gasteiger partial charge in [-0.15, -0.1) is 0 Å². The average Bonchev–Trinajstić information content (AvgIpc) is 3.48. The van der Waals surface area contributed by atoms with Crippen molar-refractivity contribution < 1.29 is 9.59 Å². The molecule has 0 atom stereocenters. The number of anilines is 1. The molecule has 1 saturated carbocycles. The minimum atomic E-state index is -0.0764. The van der Waals surface area contributed by atoms with Gasteiger partial charge in [0, 0.05) is 42.5 Å². The lowest BCUT2D eigenvalue weighted by molar-refractivity contribution is -0.117. The van der Waals surface area contributed by atoms with Crippen molar-refractivity contribution in [3.05, 3.63) is 78.1 Å². The summed E-state index contributed by atoms with van der Waals surface area (Å²) in [5.74, 6) is 0.142. The van der Waals surface area contributed by atoms with Gasteiger partial charge in [0.15, 0.2) is 0 Å². The molecule has 0 unspecified atom stereocenters. The molecule has 1 heterocycles. The third kappa shape index (κ3) is 4.11. The minimum absolute atomic E-state index is 0.0617. The second-order valence-electron chi connectivity index (χ2n) is 7.13. The third-order valence-corrected chi connectivity index (χ3v) is 4.77. The number of amides is 2. The van der Waals surface area contributed by atoms with Gasteiger partial charge >= 0.3 is 0 Å². The van der Waals surface area contributed by atoms with Crippen molar-refractivity contribution in [2.24, 2.45) is 5.92 Å². The SMILES string of the molecule is CN(Cc1cnn(-c2ccccc2)c1)C(=O)c1ccc(NC(=O)C2CC2)cc1. The highest BCUT2D eigenvalue weighted by molar-refractivity contribution is 5.96. The highest BCUT2D eigenvalue weighted by Gasteiger charge is 2.29. The van der Waals surface area contributed by atoms with Crippen molar-refractivity contribution in [1.29, 1.82) is 0 Å². The highest BCUT2D eigenvalue weighted by Crippen LogP contribution is 2.30. The second-order valence-corrected chi connectivity index (χ2v) is 7.13. The van der Waals surface area contributed by atoms with Crippen molar-refractivity contribution in [3.63, 3.8) is 0 Å². The van der Waals surface area contributed by atoms with Crippen LogP contribution in [0.25, 0.3) is 5.69 Å². The third-order valence-electron chi connectivity index (χ3n) is 4.77. The van der Waals surface area contributed by atoms with Gasteiger partial charge in [0.2, 0.25) is 5.91 Å². The van der Waals surface area contributed by atoms with Gasteiger partial charge in [-0.1, -0.05) is 18.2 Å². The molecule has 0 radical (unpaired) electrons. The van der Waals surface area contributed by atoms with Gasteiger partial charge in [0.25, 0.3) is 5.91 Å². The number of carbonyl (C=O) groups is 2. The molecule has 6 nitrogen and oxygen atoms in total. The van der Waals surface area contributed by atoms with Gasteiger partial charge in [0.05, 0.1) is 11.9 Å². The molecule has 1 aromatic heterocycles. The smallest absolute Gasteiger partial charge is 0.253 e. The van der Waals surface area contributed by atoms with Crippen molar-refractivity contribution in [1.82, 2.24) is 14.7 Å². The highest BCUT2D eigenvalue weighted by atomic mass is 16.2. The number of hydrogen-bond donors (Lipinski definition) is 1. The fraction of sp³-hybridized carbons (Fsp3) is 0.227.